The third kappa shape index (κ3) is 6.49. The summed E-state index contributed by atoms with van der Waals surface area (Å²) >= 11 is 0. The second-order valence-electron chi connectivity index (χ2n) is 5.30. The van der Waals surface area contributed by atoms with Crippen LogP contribution < -0.4 is 5.32 Å². The summed E-state index contributed by atoms with van der Waals surface area (Å²) in [6, 6.07) is 7.37. The summed E-state index contributed by atoms with van der Waals surface area (Å²) in [4.78, 5) is 2.45. The van der Waals surface area contributed by atoms with Gasteiger partial charge in [-0.15, -0.1) is 0 Å². The van der Waals surface area contributed by atoms with Crippen molar-refractivity contribution < 1.29 is 4.39 Å². The van der Waals surface area contributed by atoms with Crippen molar-refractivity contribution in [2.75, 3.05) is 26.2 Å². The molecule has 1 N–H and O–H groups in total. The quantitative estimate of drug-likeness (QED) is 0.706. The maximum absolute atomic E-state index is 12.9. The number of benzene rings is 1. The minimum atomic E-state index is -0.157. The molecule has 3 heteroatoms. The predicted octanol–water partition coefficient (Wildman–Crippen LogP) is 3.47. The fourth-order valence-electron chi connectivity index (χ4n) is 2.41. The van der Waals surface area contributed by atoms with Crippen LogP contribution in [-0.4, -0.2) is 37.1 Å². The van der Waals surface area contributed by atoms with E-state index >= 15 is 0 Å². The first-order valence-electron chi connectivity index (χ1n) is 7.89. The molecule has 0 radical (unpaired) electrons. The third-order valence-electron chi connectivity index (χ3n) is 3.77. The zero-order valence-electron chi connectivity index (χ0n) is 13.2. The van der Waals surface area contributed by atoms with Gasteiger partial charge in [-0.2, -0.15) is 0 Å². The molecule has 0 heterocycles. The second kappa shape index (κ2) is 9.89. The van der Waals surface area contributed by atoms with Gasteiger partial charge in [0.25, 0.3) is 0 Å². The largest absolute Gasteiger partial charge is 0.314 e. The fourth-order valence-corrected chi connectivity index (χ4v) is 2.41. The molecule has 0 aromatic heterocycles. The van der Waals surface area contributed by atoms with E-state index in [-0.39, 0.29) is 5.82 Å². The number of halogens is 1. The first-order chi connectivity index (χ1) is 9.69. The van der Waals surface area contributed by atoms with E-state index < -0.39 is 0 Å². The zero-order valence-corrected chi connectivity index (χ0v) is 13.2. The Kier molecular flexibility index (Phi) is 8.47. The van der Waals surface area contributed by atoms with Gasteiger partial charge in [-0.05, 0) is 63.1 Å². The Morgan fingerprint density at radius 3 is 2.30 bits per heavy atom. The molecule has 114 valence electrons. The number of rotatable bonds is 10. The van der Waals surface area contributed by atoms with Gasteiger partial charge in [-0.25, -0.2) is 4.39 Å². The summed E-state index contributed by atoms with van der Waals surface area (Å²) in [7, 11) is 0. The summed E-state index contributed by atoms with van der Waals surface area (Å²) in [6.07, 6.45) is 3.26. The van der Waals surface area contributed by atoms with Crippen LogP contribution >= 0.6 is 0 Å². The maximum Gasteiger partial charge on any atom is 0.123 e. The van der Waals surface area contributed by atoms with Crippen LogP contribution in [0.15, 0.2) is 24.3 Å². The van der Waals surface area contributed by atoms with Crippen LogP contribution in [0.1, 0.15) is 39.2 Å². The highest BCUT2D eigenvalue weighted by molar-refractivity contribution is 5.17. The molecular weight excluding hydrogens is 251 g/mol. The van der Waals surface area contributed by atoms with Crippen molar-refractivity contribution in [2.45, 2.75) is 46.1 Å². The molecule has 0 aliphatic rings. The Bertz CT molecular complexity index is 347. The van der Waals surface area contributed by atoms with Crippen LogP contribution in [0.5, 0.6) is 0 Å². The van der Waals surface area contributed by atoms with E-state index in [4.69, 9.17) is 0 Å². The molecule has 0 amide bonds. The lowest BCUT2D eigenvalue weighted by atomic mass is 10.0. The number of nitrogens with zero attached hydrogens (tertiary/aromatic N) is 1. The molecule has 0 aliphatic carbocycles. The molecule has 1 aromatic rings. The lowest BCUT2D eigenvalue weighted by molar-refractivity contribution is 0.280. The summed E-state index contributed by atoms with van der Waals surface area (Å²) < 4.78 is 12.9. The Balaban J connectivity index is 2.52. The van der Waals surface area contributed by atoms with Crippen molar-refractivity contribution in [1.82, 2.24) is 10.2 Å². The van der Waals surface area contributed by atoms with Gasteiger partial charge in [0.05, 0.1) is 0 Å². The van der Waals surface area contributed by atoms with Gasteiger partial charge in [0.1, 0.15) is 5.82 Å². The van der Waals surface area contributed by atoms with E-state index in [1.807, 2.05) is 12.1 Å². The Morgan fingerprint density at radius 2 is 1.75 bits per heavy atom. The van der Waals surface area contributed by atoms with Gasteiger partial charge in [0.2, 0.25) is 0 Å². The normalized spacial score (nSPS) is 12.8. The number of hydrogen-bond donors (Lipinski definition) is 1. The average molecular weight is 280 g/mol. The van der Waals surface area contributed by atoms with Crippen molar-refractivity contribution >= 4 is 0 Å². The summed E-state index contributed by atoms with van der Waals surface area (Å²) in [5.74, 6) is -0.157. The lowest BCUT2D eigenvalue weighted by Crippen LogP contribution is -2.36. The summed E-state index contributed by atoms with van der Waals surface area (Å²) in [6.45, 7) is 11.0. The van der Waals surface area contributed by atoms with E-state index in [2.05, 4.69) is 31.0 Å². The molecule has 0 aliphatic heterocycles. The Hall–Kier alpha value is -0.930. The van der Waals surface area contributed by atoms with Crippen molar-refractivity contribution in [3.8, 4) is 0 Å². The SMILES string of the molecule is CCCNC(CCN(CC)CC)Cc1ccc(F)cc1. The Labute approximate surface area is 123 Å². The fraction of sp³-hybridized carbons (Fsp3) is 0.647. The molecular formula is C17H29FN2. The molecule has 0 bridgehead atoms. The van der Waals surface area contributed by atoms with E-state index in [1.165, 1.54) is 5.56 Å². The standard InChI is InChI=1S/C17H29FN2/c1-4-12-19-17(11-13-20(5-2)6-3)14-15-7-9-16(18)10-8-15/h7-10,17,19H,4-6,11-14H2,1-3H3. The van der Waals surface area contributed by atoms with Gasteiger partial charge in [-0.1, -0.05) is 32.9 Å². The third-order valence-corrected chi connectivity index (χ3v) is 3.77. The summed E-state index contributed by atoms with van der Waals surface area (Å²) in [5.41, 5.74) is 1.21. The Morgan fingerprint density at radius 1 is 1.10 bits per heavy atom. The molecule has 1 atom stereocenters. The van der Waals surface area contributed by atoms with Crippen LogP contribution in [0.3, 0.4) is 0 Å². The van der Waals surface area contributed by atoms with Crippen molar-refractivity contribution in [1.29, 1.82) is 0 Å². The monoisotopic (exact) mass is 280 g/mol. The molecule has 1 rings (SSSR count). The molecule has 0 spiro atoms. The first kappa shape index (κ1) is 17.1. The van der Waals surface area contributed by atoms with Crippen molar-refractivity contribution in [3.63, 3.8) is 0 Å². The van der Waals surface area contributed by atoms with Gasteiger partial charge >= 0.3 is 0 Å². The van der Waals surface area contributed by atoms with E-state index in [0.29, 0.717) is 6.04 Å². The lowest BCUT2D eigenvalue weighted by Gasteiger charge is -2.23. The number of nitrogens with one attached hydrogen (secondary N) is 1. The highest BCUT2D eigenvalue weighted by Gasteiger charge is 2.10. The van der Waals surface area contributed by atoms with Crippen molar-refractivity contribution in [3.05, 3.63) is 35.6 Å². The van der Waals surface area contributed by atoms with E-state index in [1.54, 1.807) is 12.1 Å². The molecule has 20 heavy (non-hydrogen) atoms. The molecule has 1 aromatic carbocycles. The molecule has 1 unspecified atom stereocenters. The van der Waals surface area contributed by atoms with Crippen LogP contribution in [0.2, 0.25) is 0 Å². The highest BCUT2D eigenvalue weighted by atomic mass is 19.1. The van der Waals surface area contributed by atoms with Gasteiger partial charge in [-0.3, -0.25) is 0 Å². The number of hydrogen-bond acceptors (Lipinski definition) is 2. The molecule has 0 saturated carbocycles. The average Bonchev–Trinajstić information content (AvgIpc) is 2.47. The molecule has 2 nitrogen and oxygen atoms in total. The predicted molar refractivity (Wildman–Crippen MR) is 84.6 cm³/mol. The maximum atomic E-state index is 12.9. The molecule has 0 fully saturated rings. The van der Waals surface area contributed by atoms with Crippen LogP contribution in [0, 0.1) is 5.82 Å². The minimum absolute atomic E-state index is 0.157. The topological polar surface area (TPSA) is 15.3 Å². The first-order valence-corrected chi connectivity index (χ1v) is 7.89. The van der Waals surface area contributed by atoms with Crippen LogP contribution in [-0.2, 0) is 6.42 Å². The van der Waals surface area contributed by atoms with Gasteiger partial charge in [0, 0.05) is 6.04 Å². The van der Waals surface area contributed by atoms with Gasteiger partial charge < -0.3 is 10.2 Å². The van der Waals surface area contributed by atoms with Crippen LogP contribution in [0.4, 0.5) is 4.39 Å². The van der Waals surface area contributed by atoms with Crippen LogP contribution in [0.25, 0.3) is 0 Å². The minimum Gasteiger partial charge on any atom is -0.314 e. The second-order valence-corrected chi connectivity index (χ2v) is 5.30. The zero-order chi connectivity index (χ0) is 14.8. The summed E-state index contributed by atoms with van der Waals surface area (Å²) in [5, 5.41) is 3.62. The van der Waals surface area contributed by atoms with Gasteiger partial charge in [0.15, 0.2) is 0 Å². The smallest absolute Gasteiger partial charge is 0.123 e. The molecule has 0 saturated heterocycles. The van der Waals surface area contributed by atoms with E-state index in [0.717, 1.165) is 45.4 Å². The highest BCUT2D eigenvalue weighted by Crippen LogP contribution is 2.09. The van der Waals surface area contributed by atoms with E-state index in [9.17, 15) is 4.39 Å². The van der Waals surface area contributed by atoms with Crippen molar-refractivity contribution in [2.24, 2.45) is 0 Å².